The Morgan fingerprint density at radius 2 is 2.18 bits per heavy atom. The summed E-state index contributed by atoms with van der Waals surface area (Å²) in [6.07, 6.45) is -2.26. The third-order valence-electron chi connectivity index (χ3n) is 3.93. The maximum atomic E-state index is 12.5. The molecule has 1 aromatic rings. The van der Waals surface area contributed by atoms with Crippen molar-refractivity contribution in [3.05, 3.63) is 16.1 Å². The Bertz CT molecular complexity index is 557. The molecule has 3 rings (SSSR count). The van der Waals surface area contributed by atoms with E-state index in [1.807, 2.05) is 6.92 Å². The molecular formula is C14H17F3N2O2S. The van der Waals surface area contributed by atoms with Gasteiger partial charge in [0.15, 0.2) is 5.69 Å². The van der Waals surface area contributed by atoms with Crippen molar-refractivity contribution in [2.24, 2.45) is 5.92 Å². The van der Waals surface area contributed by atoms with Gasteiger partial charge in [-0.1, -0.05) is 0 Å². The lowest BCUT2D eigenvalue weighted by molar-refractivity contribution is -0.145. The summed E-state index contributed by atoms with van der Waals surface area (Å²) in [5.41, 5.74) is -0.925. The van der Waals surface area contributed by atoms with Crippen molar-refractivity contribution in [1.29, 1.82) is 0 Å². The molecule has 22 heavy (non-hydrogen) atoms. The van der Waals surface area contributed by atoms with E-state index in [0.29, 0.717) is 19.0 Å². The molecule has 2 fully saturated rings. The lowest BCUT2D eigenvalue weighted by Crippen LogP contribution is -2.50. The van der Waals surface area contributed by atoms with Crippen molar-refractivity contribution in [3.8, 4) is 0 Å². The molecule has 1 amide bonds. The van der Waals surface area contributed by atoms with E-state index in [4.69, 9.17) is 4.74 Å². The predicted molar refractivity (Wildman–Crippen MR) is 74.5 cm³/mol. The van der Waals surface area contributed by atoms with E-state index in [2.05, 4.69) is 4.98 Å². The highest BCUT2D eigenvalue weighted by Gasteiger charge is 2.39. The summed E-state index contributed by atoms with van der Waals surface area (Å²) in [5, 5.41) is 1.16. The van der Waals surface area contributed by atoms with E-state index >= 15 is 0 Å². The summed E-state index contributed by atoms with van der Waals surface area (Å²) < 4.78 is 43.4. The standard InChI is InChI=1S/C14H17F3N2O2S/c1-8-5-19(6-10(21-8)9-2-3-9)13(20)4-12-18-11(7-22-12)14(15,16)17/h7-10H,2-6H2,1H3. The maximum absolute atomic E-state index is 12.5. The van der Waals surface area contributed by atoms with Crippen LogP contribution in [-0.4, -0.2) is 41.1 Å². The van der Waals surface area contributed by atoms with Crippen LogP contribution in [0.3, 0.4) is 0 Å². The van der Waals surface area contributed by atoms with Crippen LogP contribution < -0.4 is 0 Å². The van der Waals surface area contributed by atoms with Gasteiger partial charge in [-0.05, 0) is 25.7 Å². The predicted octanol–water partition coefficient (Wildman–Crippen LogP) is 2.73. The van der Waals surface area contributed by atoms with E-state index in [9.17, 15) is 18.0 Å². The number of hydrogen-bond acceptors (Lipinski definition) is 4. The van der Waals surface area contributed by atoms with Crippen molar-refractivity contribution in [2.45, 2.75) is 44.6 Å². The van der Waals surface area contributed by atoms with Crippen LogP contribution >= 0.6 is 11.3 Å². The number of thiazole rings is 1. The highest BCUT2D eigenvalue weighted by molar-refractivity contribution is 7.09. The molecule has 8 heteroatoms. The number of ether oxygens (including phenoxy) is 1. The second-order valence-corrected chi connectivity index (χ2v) is 6.86. The zero-order valence-electron chi connectivity index (χ0n) is 12.1. The third kappa shape index (κ3) is 3.60. The highest BCUT2D eigenvalue weighted by atomic mass is 32.1. The zero-order chi connectivity index (χ0) is 15.9. The molecule has 2 unspecified atom stereocenters. The Morgan fingerprint density at radius 1 is 1.45 bits per heavy atom. The molecule has 2 atom stereocenters. The van der Waals surface area contributed by atoms with Gasteiger partial charge < -0.3 is 9.64 Å². The average molecular weight is 334 g/mol. The summed E-state index contributed by atoms with van der Waals surface area (Å²) in [5.74, 6) is 0.346. The number of rotatable bonds is 3. The molecule has 1 aliphatic heterocycles. The minimum Gasteiger partial charge on any atom is -0.371 e. The van der Waals surface area contributed by atoms with Crippen molar-refractivity contribution < 1.29 is 22.7 Å². The fourth-order valence-electron chi connectivity index (χ4n) is 2.68. The van der Waals surface area contributed by atoms with Gasteiger partial charge in [0.1, 0.15) is 5.01 Å². The molecule has 0 N–H and O–H groups in total. The van der Waals surface area contributed by atoms with Gasteiger partial charge in [-0.3, -0.25) is 4.79 Å². The van der Waals surface area contributed by atoms with Crippen LogP contribution in [-0.2, 0) is 22.1 Å². The molecule has 1 aliphatic carbocycles. The summed E-state index contributed by atoms with van der Waals surface area (Å²) in [6, 6.07) is 0. The first-order valence-corrected chi connectivity index (χ1v) is 8.15. The van der Waals surface area contributed by atoms with Crippen molar-refractivity contribution >= 4 is 17.2 Å². The quantitative estimate of drug-likeness (QED) is 0.854. The van der Waals surface area contributed by atoms with Crippen molar-refractivity contribution in [1.82, 2.24) is 9.88 Å². The highest BCUT2D eigenvalue weighted by Crippen LogP contribution is 2.37. The van der Waals surface area contributed by atoms with Crippen LogP contribution in [0, 0.1) is 5.92 Å². The van der Waals surface area contributed by atoms with Crippen LogP contribution in [0.4, 0.5) is 13.2 Å². The number of carbonyl (C=O) groups excluding carboxylic acids is 1. The molecule has 1 saturated heterocycles. The monoisotopic (exact) mass is 334 g/mol. The number of morpholine rings is 1. The molecule has 1 saturated carbocycles. The third-order valence-corrected chi connectivity index (χ3v) is 4.78. The normalized spacial score (nSPS) is 26.3. The molecular weight excluding hydrogens is 317 g/mol. The van der Waals surface area contributed by atoms with Crippen LogP contribution in [0.5, 0.6) is 0 Å². The number of aromatic nitrogens is 1. The lowest BCUT2D eigenvalue weighted by Gasteiger charge is -2.37. The van der Waals surface area contributed by atoms with E-state index in [1.165, 1.54) is 0 Å². The largest absolute Gasteiger partial charge is 0.434 e. The second kappa shape index (κ2) is 5.81. The first-order chi connectivity index (χ1) is 10.3. The minimum atomic E-state index is -4.46. The summed E-state index contributed by atoms with van der Waals surface area (Å²) >= 11 is 0.879. The van der Waals surface area contributed by atoms with E-state index in [-0.39, 0.29) is 29.5 Å². The van der Waals surface area contributed by atoms with Gasteiger partial charge in [-0.25, -0.2) is 4.98 Å². The fraction of sp³-hybridized carbons (Fsp3) is 0.714. The molecule has 0 aromatic carbocycles. The molecule has 1 aromatic heterocycles. The lowest BCUT2D eigenvalue weighted by atomic mass is 10.1. The Labute approximate surface area is 130 Å². The van der Waals surface area contributed by atoms with Gasteiger partial charge >= 0.3 is 6.18 Å². The van der Waals surface area contributed by atoms with Gasteiger partial charge in [0.25, 0.3) is 0 Å². The maximum Gasteiger partial charge on any atom is 0.434 e. The van der Waals surface area contributed by atoms with Gasteiger partial charge in [-0.15, -0.1) is 11.3 Å². The first-order valence-electron chi connectivity index (χ1n) is 7.28. The number of hydrogen-bond donors (Lipinski definition) is 0. The van der Waals surface area contributed by atoms with E-state index in [1.54, 1.807) is 4.90 Å². The molecule has 0 radical (unpaired) electrons. The summed E-state index contributed by atoms with van der Waals surface area (Å²) in [6.45, 7) is 2.94. The Morgan fingerprint density at radius 3 is 2.77 bits per heavy atom. The molecule has 0 spiro atoms. The topological polar surface area (TPSA) is 42.4 Å². The molecule has 0 bridgehead atoms. The van der Waals surface area contributed by atoms with Crippen molar-refractivity contribution in [2.75, 3.05) is 13.1 Å². The van der Waals surface area contributed by atoms with Gasteiger partial charge in [0.05, 0.1) is 18.6 Å². The minimum absolute atomic E-state index is 0.0367. The van der Waals surface area contributed by atoms with Crippen LogP contribution in [0.2, 0.25) is 0 Å². The smallest absolute Gasteiger partial charge is 0.371 e. The van der Waals surface area contributed by atoms with Gasteiger partial charge in [0.2, 0.25) is 5.91 Å². The summed E-state index contributed by atoms with van der Waals surface area (Å²) in [4.78, 5) is 17.5. The van der Waals surface area contributed by atoms with Crippen LogP contribution in [0.25, 0.3) is 0 Å². The second-order valence-electron chi connectivity index (χ2n) is 5.92. The fourth-order valence-corrected chi connectivity index (χ4v) is 3.47. The molecule has 4 nitrogen and oxygen atoms in total. The number of alkyl halides is 3. The average Bonchev–Trinajstić information content (AvgIpc) is 3.17. The summed E-state index contributed by atoms with van der Waals surface area (Å²) in [7, 11) is 0. The van der Waals surface area contributed by atoms with Gasteiger partial charge in [0, 0.05) is 18.5 Å². The molecule has 2 heterocycles. The van der Waals surface area contributed by atoms with Crippen LogP contribution in [0.1, 0.15) is 30.5 Å². The first kappa shape index (κ1) is 15.7. The Kier molecular flexibility index (Phi) is 4.15. The molecule has 2 aliphatic rings. The number of halogens is 3. The zero-order valence-corrected chi connectivity index (χ0v) is 12.9. The van der Waals surface area contributed by atoms with E-state index in [0.717, 1.165) is 29.6 Å². The Hall–Kier alpha value is -1.15. The number of carbonyl (C=O) groups is 1. The molecule has 122 valence electrons. The van der Waals surface area contributed by atoms with Crippen LogP contribution in [0.15, 0.2) is 5.38 Å². The SMILES string of the molecule is CC1CN(C(=O)Cc2nc(C(F)(F)F)cs2)CC(C2CC2)O1. The van der Waals surface area contributed by atoms with Crippen molar-refractivity contribution in [3.63, 3.8) is 0 Å². The number of nitrogens with zero attached hydrogens (tertiary/aromatic N) is 2. The van der Waals surface area contributed by atoms with Gasteiger partial charge in [-0.2, -0.15) is 13.2 Å². The van der Waals surface area contributed by atoms with E-state index < -0.39 is 11.9 Å². The number of amides is 1. The Balaban J connectivity index is 1.62.